The van der Waals surface area contributed by atoms with Gasteiger partial charge in [-0.1, -0.05) is 12.1 Å². The Bertz CT molecular complexity index is 862. The van der Waals surface area contributed by atoms with Gasteiger partial charge in [0.05, 0.1) is 16.4 Å². The lowest BCUT2D eigenvalue weighted by Gasteiger charge is -2.37. The van der Waals surface area contributed by atoms with Gasteiger partial charge in [0.15, 0.2) is 0 Å². The van der Waals surface area contributed by atoms with Gasteiger partial charge in [0.1, 0.15) is 6.54 Å². The second-order valence-corrected chi connectivity index (χ2v) is 6.79. The van der Waals surface area contributed by atoms with Crippen LogP contribution in [0.5, 0.6) is 0 Å². The summed E-state index contributed by atoms with van der Waals surface area (Å²) in [6.45, 7) is 1.32. The summed E-state index contributed by atoms with van der Waals surface area (Å²) in [4.78, 5) is 29.0. The Morgan fingerprint density at radius 1 is 1.31 bits per heavy atom. The highest BCUT2D eigenvalue weighted by Gasteiger charge is 2.41. The molecule has 1 fully saturated rings. The minimum atomic E-state index is -4.70. The number of carbonyl (C=O) groups excluding carboxylic acids is 1. The highest BCUT2D eigenvalue weighted by molar-refractivity contribution is 5.82. The minimum Gasteiger partial charge on any atom is -0.481 e. The van der Waals surface area contributed by atoms with Crippen LogP contribution in [0, 0.1) is 5.41 Å². The fraction of sp³-hybridized carbons (Fsp3) is 0.471. The third-order valence-electron chi connectivity index (χ3n) is 4.77. The predicted molar refractivity (Wildman–Crippen MR) is 86.3 cm³/mol. The van der Waals surface area contributed by atoms with E-state index in [1.54, 1.807) is 19.1 Å². The number of hydrogen-bond acceptors (Lipinski definition) is 3. The van der Waals surface area contributed by atoms with Crippen molar-refractivity contribution in [2.75, 3.05) is 13.1 Å². The first-order chi connectivity index (χ1) is 12.1. The number of rotatable bonds is 3. The molecule has 26 heavy (non-hydrogen) atoms. The van der Waals surface area contributed by atoms with Gasteiger partial charge in [-0.15, -0.1) is 0 Å². The number of carbonyl (C=O) groups is 2. The number of piperidine rings is 1. The summed E-state index contributed by atoms with van der Waals surface area (Å²) in [5.41, 5.74) is -0.717. The number of benzene rings is 1. The van der Waals surface area contributed by atoms with E-state index in [-0.39, 0.29) is 17.6 Å². The molecular weight excluding hydrogens is 351 g/mol. The Kier molecular flexibility index (Phi) is 4.41. The van der Waals surface area contributed by atoms with Gasteiger partial charge in [0.25, 0.3) is 0 Å². The molecule has 1 aromatic carbocycles. The molecule has 0 radical (unpaired) electrons. The Balaban J connectivity index is 1.91. The van der Waals surface area contributed by atoms with Crippen molar-refractivity contribution in [2.24, 2.45) is 5.41 Å². The lowest BCUT2D eigenvalue weighted by Crippen LogP contribution is -2.49. The van der Waals surface area contributed by atoms with Crippen molar-refractivity contribution in [1.82, 2.24) is 14.5 Å². The second kappa shape index (κ2) is 6.30. The highest BCUT2D eigenvalue weighted by Crippen LogP contribution is 2.33. The molecule has 3 rings (SSSR count). The summed E-state index contributed by atoms with van der Waals surface area (Å²) in [6, 6.07) is 6.08. The number of likely N-dealkylation sites (tertiary alicyclic amines) is 1. The highest BCUT2D eigenvalue weighted by atomic mass is 19.4. The molecule has 1 aliphatic rings. The minimum absolute atomic E-state index is 0.0187. The molecule has 1 aliphatic heterocycles. The van der Waals surface area contributed by atoms with Crippen LogP contribution in [-0.4, -0.2) is 44.5 Å². The maximum Gasteiger partial charge on any atom is 0.449 e. The second-order valence-electron chi connectivity index (χ2n) is 6.79. The van der Waals surface area contributed by atoms with Gasteiger partial charge < -0.3 is 14.6 Å². The summed E-state index contributed by atoms with van der Waals surface area (Å²) in [5.74, 6) is -2.70. The molecule has 1 saturated heterocycles. The standard InChI is InChI=1S/C17H18F3N3O3/c1-16(15(25)26)7-4-8-22(10-16)13(24)9-23-12-6-3-2-5-11(12)21-14(23)17(18,19)20/h2-3,5-6H,4,7-10H2,1H3,(H,25,26). The molecule has 9 heteroatoms. The number of halogens is 3. The zero-order chi connectivity index (χ0) is 19.1. The summed E-state index contributed by atoms with van der Waals surface area (Å²) in [7, 11) is 0. The Hall–Kier alpha value is -2.58. The van der Waals surface area contributed by atoms with Gasteiger partial charge in [-0.3, -0.25) is 9.59 Å². The number of imidazole rings is 1. The van der Waals surface area contributed by atoms with Crippen molar-refractivity contribution in [3.8, 4) is 0 Å². The number of amides is 1. The van der Waals surface area contributed by atoms with Crippen LogP contribution in [0.25, 0.3) is 11.0 Å². The average molecular weight is 369 g/mol. The van der Waals surface area contributed by atoms with Crippen molar-refractivity contribution in [3.63, 3.8) is 0 Å². The Labute approximate surface area is 147 Å². The normalized spacial score (nSPS) is 21.2. The molecule has 2 heterocycles. The molecule has 1 N–H and O–H groups in total. The third-order valence-corrected chi connectivity index (χ3v) is 4.77. The van der Waals surface area contributed by atoms with Crippen molar-refractivity contribution in [1.29, 1.82) is 0 Å². The van der Waals surface area contributed by atoms with E-state index in [0.29, 0.717) is 19.4 Å². The molecule has 0 spiro atoms. The Morgan fingerprint density at radius 3 is 2.65 bits per heavy atom. The van der Waals surface area contributed by atoms with Gasteiger partial charge in [-0.25, -0.2) is 4.98 Å². The lowest BCUT2D eigenvalue weighted by atomic mass is 9.82. The van der Waals surface area contributed by atoms with Crippen LogP contribution in [0.1, 0.15) is 25.6 Å². The zero-order valence-corrected chi connectivity index (χ0v) is 14.1. The molecule has 0 bridgehead atoms. The van der Waals surface area contributed by atoms with Crippen molar-refractivity contribution in [3.05, 3.63) is 30.1 Å². The smallest absolute Gasteiger partial charge is 0.449 e. The molecular formula is C17H18F3N3O3. The Morgan fingerprint density at radius 2 is 2.00 bits per heavy atom. The first-order valence-corrected chi connectivity index (χ1v) is 8.15. The summed E-state index contributed by atoms with van der Waals surface area (Å²) < 4.78 is 40.8. The van der Waals surface area contributed by atoms with Gasteiger partial charge in [-0.05, 0) is 31.9 Å². The number of aliphatic carboxylic acids is 1. The van der Waals surface area contributed by atoms with E-state index >= 15 is 0 Å². The van der Waals surface area contributed by atoms with Gasteiger partial charge >= 0.3 is 12.1 Å². The number of carboxylic acid groups (broad SMARTS) is 1. The number of hydrogen-bond donors (Lipinski definition) is 1. The number of carboxylic acids is 1. The van der Waals surface area contributed by atoms with Crippen LogP contribution in [0.15, 0.2) is 24.3 Å². The molecule has 2 aromatic rings. The van der Waals surface area contributed by atoms with Crippen molar-refractivity contribution in [2.45, 2.75) is 32.5 Å². The lowest BCUT2D eigenvalue weighted by molar-refractivity contribution is -0.154. The molecule has 1 amide bonds. The predicted octanol–water partition coefficient (Wildman–Crippen LogP) is 2.77. The van der Waals surface area contributed by atoms with E-state index in [1.165, 1.54) is 17.0 Å². The molecule has 140 valence electrons. The van der Waals surface area contributed by atoms with E-state index in [1.807, 2.05) is 0 Å². The number of nitrogens with zero attached hydrogens (tertiary/aromatic N) is 3. The fourth-order valence-electron chi connectivity index (χ4n) is 3.31. The first-order valence-electron chi connectivity index (χ1n) is 8.15. The molecule has 1 atom stereocenters. The largest absolute Gasteiger partial charge is 0.481 e. The fourth-order valence-corrected chi connectivity index (χ4v) is 3.31. The van der Waals surface area contributed by atoms with Crippen molar-refractivity contribution >= 4 is 22.9 Å². The van der Waals surface area contributed by atoms with Crippen LogP contribution in [-0.2, 0) is 22.3 Å². The van der Waals surface area contributed by atoms with E-state index in [0.717, 1.165) is 4.57 Å². The molecule has 0 saturated carbocycles. The SMILES string of the molecule is CC1(C(=O)O)CCCN(C(=O)Cn2c(C(F)(F)F)nc3ccccc32)C1. The molecule has 1 unspecified atom stereocenters. The zero-order valence-electron chi connectivity index (χ0n) is 14.1. The number of alkyl halides is 3. The quantitative estimate of drug-likeness (QED) is 0.903. The summed E-state index contributed by atoms with van der Waals surface area (Å²) >= 11 is 0. The van der Waals surface area contributed by atoms with E-state index in [9.17, 15) is 27.9 Å². The van der Waals surface area contributed by atoms with Crippen molar-refractivity contribution < 1.29 is 27.9 Å². The van der Waals surface area contributed by atoms with Crippen LogP contribution < -0.4 is 0 Å². The van der Waals surface area contributed by atoms with Gasteiger partial charge in [0.2, 0.25) is 11.7 Å². The molecule has 1 aromatic heterocycles. The van der Waals surface area contributed by atoms with Crippen LogP contribution in [0.3, 0.4) is 0 Å². The van der Waals surface area contributed by atoms with E-state index in [2.05, 4.69) is 4.98 Å². The van der Waals surface area contributed by atoms with Gasteiger partial charge in [-0.2, -0.15) is 13.2 Å². The van der Waals surface area contributed by atoms with Crippen LogP contribution in [0.2, 0.25) is 0 Å². The maximum absolute atomic E-state index is 13.3. The van der Waals surface area contributed by atoms with E-state index < -0.39 is 35.8 Å². The summed E-state index contributed by atoms with van der Waals surface area (Å²) in [6.07, 6.45) is -3.78. The summed E-state index contributed by atoms with van der Waals surface area (Å²) in [5, 5.41) is 9.34. The maximum atomic E-state index is 13.3. The number of para-hydroxylation sites is 2. The van der Waals surface area contributed by atoms with Gasteiger partial charge in [0, 0.05) is 13.1 Å². The monoisotopic (exact) mass is 369 g/mol. The van der Waals surface area contributed by atoms with E-state index in [4.69, 9.17) is 0 Å². The number of aromatic nitrogens is 2. The topological polar surface area (TPSA) is 75.4 Å². The van der Waals surface area contributed by atoms with Crippen LogP contribution >= 0.6 is 0 Å². The van der Waals surface area contributed by atoms with Crippen LogP contribution in [0.4, 0.5) is 13.2 Å². The first kappa shape index (κ1) is 18.2. The number of fused-ring (bicyclic) bond motifs is 1. The third kappa shape index (κ3) is 3.25. The molecule has 6 nitrogen and oxygen atoms in total. The molecule has 0 aliphatic carbocycles. The average Bonchev–Trinajstić information content (AvgIpc) is 2.94.